The summed E-state index contributed by atoms with van der Waals surface area (Å²) in [7, 11) is -0.805. The molecule has 0 bridgehead atoms. The van der Waals surface area contributed by atoms with E-state index in [1.165, 1.54) is 6.07 Å². The molecule has 0 heterocycles. The highest BCUT2D eigenvalue weighted by Gasteiger charge is 2.27. The quantitative estimate of drug-likeness (QED) is 0.659. The smallest absolute Gasteiger partial charge is 0.293 e. The van der Waals surface area contributed by atoms with Crippen LogP contribution in [0.1, 0.15) is 32.6 Å². The molecule has 3 unspecified atom stereocenters. The van der Waals surface area contributed by atoms with Gasteiger partial charge >= 0.3 is 0 Å². The first-order valence-corrected chi connectivity index (χ1v) is 8.85. The summed E-state index contributed by atoms with van der Waals surface area (Å²) in [5, 5.41) is 14.9. The summed E-state index contributed by atoms with van der Waals surface area (Å²) in [5.74, 6) is 0.665. The molecular formula is C14H19ClN2O3S. The number of nitro benzene ring substituents is 1. The van der Waals surface area contributed by atoms with E-state index in [1.54, 1.807) is 12.1 Å². The van der Waals surface area contributed by atoms with Crippen molar-refractivity contribution in [3.05, 3.63) is 33.3 Å². The second-order valence-electron chi connectivity index (χ2n) is 5.22. The highest BCUT2D eigenvalue weighted by atomic mass is 35.5. The lowest BCUT2D eigenvalue weighted by Crippen LogP contribution is -2.33. The molecule has 0 saturated heterocycles. The number of hydrogen-bond acceptors (Lipinski definition) is 4. The molecule has 1 aromatic rings. The van der Waals surface area contributed by atoms with Crippen molar-refractivity contribution in [1.82, 2.24) is 0 Å². The lowest BCUT2D eigenvalue weighted by Gasteiger charge is -2.29. The number of rotatable bonds is 5. The predicted molar refractivity (Wildman–Crippen MR) is 86.5 cm³/mol. The van der Waals surface area contributed by atoms with E-state index in [1.807, 2.05) is 6.92 Å². The topological polar surface area (TPSA) is 72.2 Å². The molecule has 1 aromatic carbocycles. The maximum Gasteiger partial charge on any atom is 0.293 e. The third-order valence-electron chi connectivity index (χ3n) is 3.80. The molecule has 0 amide bonds. The zero-order chi connectivity index (χ0) is 15.4. The maximum atomic E-state index is 11.9. The van der Waals surface area contributed by atoms with E-state index in [2.05, 4.69) is 5.32 Å². The van der Waals surface area contributed by atoms with Crippen molar-refractivity contribution in [2.24, 2.45) is 0 Å². The summed E-state index contributed by atoms with van der Waals surface area (Å²) < 4.78 is 11.9. The Morgan fingerprint density at radius 2 is 2.24 bits per heavy atom. The number of halogens is 1. The Balaban J connectivity index is 2.11. The predicted octanol–water partition coefficient (Wildman–Crippen LogP) is 3.74. The van der Waals surface area contributed by atoms with Crippen molar-refractivity contribution in [1.29, 1.82) is 0 Å². The third-order valence-corrected chi connectivity index (χ3v) is 5.77. The Hall–Kier alpha value is -1.14. The summed E-state index contributed by atoms with van der Waals surface area (Å²) in [5.41, 5.74) is 0.471. The number of hydrogen-bond donors (Lipinski definition) is 1. The van der Waals surface area contributed by atoms with Gasteiger partial charge in [0.25, 0.3) is 5.69 Å². The third kappa shape index (κ3) is 4.17. The summed E-state index contributed by atoms with van der Waals surface area (Å²) in [6.07, 6.45) is 3.70. The van der Waals surface area contributed by atoms with Crippen LogP contribution in [0, 0.1) is 10.1 Å². The van der Waals surface area contributed by atoms with Crippen LogP contribution in [0.3, 0.4) is 0 Å². The van der Waals surface area contributed by atoms with Gasteiger partial charge in [-0.25, -0.2) is 0 Å². The molecule has 0 radical (unpaired) electrons. The van der Waals surface area contributed by atoms with Crippen LogP contribution in [-0.2, 0) is 10.8 Å². The lowest BCUT2D eigenvalue weighted by molar-refractivity contribution is -0.384. The van der Waals surface area contributed by atoms with Crippen LogP contribution < -0.4 is 5.32 Å². The van der Waals surface area contributed by atoms with Crippen LogP contribution in [0.5, 0.6) is 0 Å². The van der Waals surface area contributed by atoms with E-state index < -0.39 is 15.7 Å². The molecular weight excluding hydrogens is 312 g/mol. The first-order chi connectivity index (χ1) is 10.0. The molecule has 0 aliphatic heterocycles. The first-order valence-electron chi connectivity index (χ1n) is 7.09. The summed E-state index contributed by atoms with van der Waals surface area (Å²) in [6, 6.07) is 4.76. The zero-order valence-electron chi connectivity index (χ0n) is 11.9. The van der Waals surface area contributed by atoms with Crippen molar-refractivity contribution >= 4 is 33.8 Å². The van der Waals surface area contributed by atoms with Crippen LogP contribution in [0.4, 0.5) is 11.4 Å². The van der Waals surface area contributed by atoms with Crippen molar-refractivity contribution in [2.45, 2.75) is 43.9 Å². The van der Waals surface area contributed by atoms with Gasteiger partial charge in [0.15, 0.2) is 0 Å². The molecule has 1 aliphatic rings. The van der Waals surface area contributed by atoms with Crippen molar-refractivity contribution < 1.29 is 9.13 Å². The largest absolute Gasteiger partial charge is 0.377 e. The van der Waals surface area contributed by atoms with Gasteiger partial charge in [0.1, 0.15) is 5.69 Å². The first kappa shape index (κ1) is 16.2. The molecule has 116 valence electrons. The lowest BCUT2D eigenvalue weighted by atomic mass is 9.94. The van der Waals surface area contributed by atoms with Gasteiger partial charge < -0.3 is 5.32 Å². The Morgan fingerprint density at radius 3 is 2.90 bits per heavy atom. The minimum atomic E-state index is -0.805. The minimum Gasteiger partial charge on any atom is -0.377 e. The summed E-state index contributed by atoms with van der Waals surface area (Å²) in [4.78, 5) is 10.7. The molecule has 0 aromatic heterocycles. The molecule has 7 heteroatoms. The van der Waals surface area contributed by atoms with E-state index in [0.717, 1.165) is 25.7 Å². The highest BCUT2D eigenvalue weighted by molar-refractivity contribution is 7.85. The molecule has 1 N–H and O–H groups in total. The Labute approximate surface area is 131 Å². The molecule has 1 aliphatic carbocycles. The molecule has 1 fully saturated rings. The van der Waals surface area contributed by atoms with Crippen LogP contribution in [0.25, 0.3) is 0 Å². The number of nitrogens with one attached hydrogen (secondary N) is 1. The van der Waals surface area contributed by atoms with Gasteiger partial charge in [-0.05, 0) is 31.4 Å². The van der Waals surface area contributed by atoms with Crippen molar-refractivity contribution in [3.8, 4) is 0 Å². The summed E-state index contributed by atoms with van der Waals surface area (Å²) in [6.45, 7) is 1.93. The van der Waals surface area contributed by atoms with Crippen molar-refractivity contribution in [2.75, 3.05) is 11.1 Å². The Kier molecular flexibility index (Phi) is 5.58. The van der Waals surface area contributed by atoms with Crippen LogP contribution in [-0.4, -0.2) is 26.2 Å². The second-order valence-corrected chi connectivity index (χ2v) is 7.66. The number of anilines is 1. The fourth-order valence-corrected chi connectivity index (χ4v) is 4.26. The van der Waals surface area contributed by atoms with Gasteiger partial charge in [0.05, 0.1) is 4.92 Å². The molecule has 1 saturated carbocycles. The number of nitrogens with zero attached hydrogens (tertiary/aromatic N) is 1. The van der Waals surface area contributed by atoms with Crippen LogP contribution >= 0.6 is 11.6 Å². The van der Waals surface area contributed by atoms with Gasteiger partial charge in [-0.3, -0.25) is 14.3 Å². The second kappa shape index (κ2) is 7.22. The number of benzene rings is 1. The van der Waals surface area contributed by atoms with E-state index in [-0.39, 0.29) is 17.0 Å². The molecule has 2 rings (SSSR count). The van der Waals surface area contributed by atoms with Gasteiger partial charge in [-0.15, -0.1) is 0 Å². The van der Waals surface area contributed by atoms with Crippen LogP contribution in [0.15, 0.2) is 18.2 Å². The Bertz CT molecular complexity index is 553. The van der Waals surface area contributed by atoms with Gasteiger partial charge in [0.2, 0.25) is 0 Å². The standard InChI is InChI=1S/C14H19ClN2O3S/c1-2-21(20)12-5-3-4-11(9-12)16-13-7-6-10(15)8-14(13)17(18)19/h6-8,11-12,16H,2-5,9H2,1H3. The van der Waals surface area contributed by atoms with E-state index in [4.69, 9.17) is 11.6 Å². The van der Waals surface area contributed by atoms with Crippen molar-refractivity contribution in [3.63, 3.8) is 0 Å². The molecule has 0 spiro atoms. The highest BCUT2D eigenvalue weighted by Crippen LogP contribution is 2.31. The van der Waals surface area contributed by atoms with E-state index in [9.17, 15) is 14.3 Å². The average molecular weight is 331 g/mol. The van der Waals surface area contributed by atoms with E-state index in [0.29, 0.717) is 16.5 Å². The molecule has 5 nitrogen and oxygen atoms in total. The van der Waals surface area contributed by atoms with Gasteiger partial charge in [-0.2, -0.15) is 0 Å². The fraction of sp³-hybridized carbons (Fsp3) is 0.571. The fourth-order valence-electron chi connectivity index (χ4n) is 2.75. The zero-order valence-corrected chi connectivity index (χ0v) is 13.5. The normalized spacial score (nSPS) is 23.5. The van der Waals surface area contributed by atoms with Gasteiger partial charge in [-0.1, -0.05) is 24.9 Å². The Morgan fingerprint density at radius 1 is 1.48 bits per heavy atom. The SMILES string of the molecule is CCS(=O)C1CCCC(Nc2ccc(Cl)cc2[N+](=O)[O-])C1. The molecule has 21 heavy (non-hydrogen) atoms. The minimum absolute atomic E-state index is 0.0127. The van der Waals surface area contributed by atoms with E-state index >= 15 is 0 Å². The average Bonchev–Trinajstić information content (AvgIpc) is 2.48. The molecule has 3 atom stereocenters. The maximum absolute atomic E-state index is 11.9. The summed E-state index contributed by atoms with van der Waals surface area (Å²) >= 11 is 5.81. The number of nitro groups is 1. The van der Waals surface area contributed by atoms with Gasteiger partial charge in [0, 0.05) is 38.9 Å². The van der Waals surface area contributed by atoms with Crippen LogP contribution in [0.2, 0.25) is 5.02 Å². The monoisotopic (exact) mass is 330 g/mol.